The second-order valence-corrected chi connectivity index (χ2v) is 5.02. The minimum absolute atomic E-state index is 0.180. The Hall–Kier alpha value is -2.04. The van der Waals surface area contributed by atoms with E-state index in [0.29, 0.717) is 22.3 Å². The van der Waals surface area contributed by atoms with Crippen LogP contribution in [0.5, 0.6) is 5.75 Å². The van der Waals surface area contributed by atoms with E-state index in [1.807, 2.05) is 0 Å². The van der Waals surface area contributed by atoms with E-state index in [-0.39, 0.29) is 11.7 Å². The Labute approximate surface area is 110 Å². The normalized spacial score (nSPS) is 16.6. The molecular weight excluding hydrogens is 242 g/mol. The maximum absolute atomic E-state index is 11.6. The van der Waals surface area contributed by atoms with Gasteiger partial charge in [0.05, 0.1) is 29.0 Å². The highest BCUT2D eigenvalue weighted by atomic mass is 16.5. The maximum atomic E-state index is 11.6. The highest BCUT2D eigenvalue weighted by Crippen LogP contribution is 2.29. The van der Waals surface area contributed by atoms with Crippen LogP contribution in [0.4, 0.5) is 5.69 Å². The van der Waals surface area contributed by atoms with Crippen molar-refractivity contribution in [2.75, 3.05) is 5.73 Å². The summed E-state index contributed by atoms with van der Waals surface area (Å²) in [4.78, 5) is 18.3. The van der Waals surface area contributed by atoms with Gasteiger partial charge in [0.15, 0.2) is 0 Å². The van der Waals surface area contributed by atoms with E-state index in [2.05, 4.69) is 9.97 Å². The number of nitrogen functional groups attached to an aromatic ring is 1. The maximum Gasteiger partial charge on any atom is 0.258 e. The minimum Gasteiger partial charge on any atom is -0.488 e. The van der Waals surface area contributed by atoms with E-state index < -0.39 is 0 Å². The molecule has 5 nitrogen and oxygen atoms in total. The van der Waals surface area contributed by atoms with Crippen LogP contribution >= 0.6 is 0 Å². The van der Waals surface area contributed by atoms with Gasteiger partial charge in [-0.15, -0.1) is 0 Å². The molecule has 2 aromatic rings. The third kappa shape index (κ3) is 2.41. The highest BCUT2D eigenvalue weighted by Gasteiger charge is 2.16. The summed E-state index contributed by atoms with van der Waals surface area (Å²) in [5.74, 6) is 0.637. The molecule has 0 amide bonds. The van der Waals surface area contributed by atoms with Gasteiger partial charge in [-0.2, -0.15) is 0 Å². The van der Waals surface area contributed by atoms with Crippen molar-refractivity contribution in [2.45, 2.75) is 38.2 Å². The number of aromatic nitrogens is 2. The van der Waals surface area contributed by atoms with Crippen LogP contribution < -0.4 is 16.0 Å². The molecule has 19 heavy (non-hydrogen) atoms. The number of aromatic amines is 1. The SMILES string of the molecule is Nc1cc2c(=O)[nH]cnc2cc1OC1CCCCC1. The number of rotatable bonds is 2. The lowest BCUT2D eigenvalue weighted by atomic mass is 9.98. The molecule has 1 aliphatic rings. The number of nitrogens with zero attached hydrogens (tertiary/aromatic N) is 1. The van der Waals surface area contributed by atoms with Crippen molar-refractivity contribution >= 4 is 16.6 Å². The largest absolute Gasteiger partial charge is 0.488 e. The molecular formula is C14H17N3O2. The molecule has 3 N–H and O–H groups in total. The number of nitrogens with two attached hydrogens (primary N) is 1. The number of fused-ring (bicyclic) bond motifs is 1. The summed E-state index contributed by atoms with van der Waals surface area (Å²) in [5, 5.41) is 0.496. The monoisotopic (exact) mass is 259 g/mol. The number of ether oxygens (including phenoxy) is 1. The molecule has 0 spiro atoms. The molecule has 100 valence electrons. The van der Waals surface area contributed by atoms with Crippen molar-refractivity contribution in [1.29, 1.82) is 0 Å². The average molecular weight is 259 g/mol. The summed E-state index contributed by atoms with van der Waals surface area (Å²) in [6, 6.07) is 3.40. The first-order valence-corrected chi connectivity index (χ1v) is 6.67. The second-order valence-electron chi connectivity index (χ2n) is 5.02. The molecule has 1 saturated carbocycles. The fourth-order valence-electron chi connectivity index (χ4n) is 2.58. The van der Waals surface area contributed by atoms with E-state index in [0.717, 1.165) is 12.8 Å². The zero-order valence-corrected chi connectivity index (χ0v) is 10.7. The van der Waals surface area contributed by atoms with Crippen LogP contribution in [0, 0.1) is 0 Å². The molecule has 1 aliphatic carbocycles. The van der Waals surface area contributed by atoms with E-state index in [1.54, 1.807) is 12.1 Å². The summed E-state index contributed by atoms with van der Waals surface area (Å²) >= 11 is 0. The molecule has 0 saturated heterocycles. The van der Waals surface area contributed by atoms with Gasteiger partial charge >= 0.3 is 0 Å². The first-order chi connectivity index (χ1) is 9.24. The molecule has 1 aromatic heterocycles. The zero-order chi connectivity index (χ0) is 13.2. The first kappa shape index (κ1) is 12.0. The van der Waals surface area contributed by atoms with Crippen molar-refractivity contribution in [1.82, 2.24) is 9.97 Å². The van der Waals surface area contributed by atoms with Gasteiger partial charge in [0.1, 0.15) is 5.75 Å². The predicted molar refractivity (Wildman–Crippen MR) is 74.3 cm³/mol. The molecule has 0 aliphatic heterocycles. The molecule has 1 heterocycles. The number of anilines is 1. The van der Waals surface area contributed by atoms with Crippen LogP contribution in [0.1, 0.15) is 32.1 Å². The molecule has 1 aromatic carbocycles. The van der Waals surface area contributed by atoms with Crippen LogP contribution in [0.25, 0.3) is 10.9 Å². The van der Waals surface area contributed by atoms with Crippen molar-refractivity contribution in [2.24, 2.45) is 0 Å². The van der Waals surface area contributed by atoms with Crippen LogP contribution in [0.3, 0.4) is 0 Å². The molecule has 1 fully saturated rings. The molecule has 0 unspecified atom stereocenters. The number of H-pyrrole nitrogens is 1. The minimum atomic E-state index is -0.180. The number of benzene rings is 1. The van der Waals surface area contributed by atoms with Crippen LogP contribution in [0.15, 0.2) is 23.3 Å². The summed E-state index contributed by atoms with van der Waals surface area (Å²) in [5.41, 5.74) is 6.90. The lowest BCUT2D eigenvalue weighted by Gasteiger charge is -2.23. The summed E-state index contributed by atoms with van der Waals surface area (Å²) in [7, 11) is 0. The van der Waals surface area contributed by atoms with Gasteiger partial charge < -0.3 is 15.5 Å². The highest BCUT2D eigenvalue weighted by molar-refractivity contribution is 5.84. The molecule has 3 rings (SSSR count). The standard InChI is InChI=1S/C14H17N3O2/c15-11-6-10-12(16-8-17-14(10)18)7-13(11)19-9-4-2-1-3-5-9/h6-9H,1-5,15H2,(H,16,17,18). The smallest absolute Gasteiger partial charge is 0.258 e. The Morgan fingerprint density at radius 3 is 2.84 bits per heavy atom. The Balaban J connectivity index is 1.95. The van der Waals surface area contributed by atoms with Crippen molar-refractivity contribution in [3.63, 3.8) is 0 Å². The van der Waals surface area contributed by atoms with Crippen LogP contribution in [-0.4, -0.2) is 16.1 Å². The van der Waals surface area contributed by atoms with E-state index in [9.17, 15) is 4.79 Å². The van der Waals surface area contributed by atoms with E-state index >= 15 is 0 Å². The van der Waals surface area contributed by atoms with Gasteiger partial charge in [0.25, 0.3) is 5.56 Å². The Kier molecular flexibility index (Phi) is 3.11. The van der Waals surface area contributed by atoms with Crippen molar-refractivity contribution in [3.05, 3.63) is 28.8 Å². The van der Waals surface area contributed by atoms with Crippen LogP contribution in [-0.2, 0) is 0 Å². The molecule has 5 heteroatoms. The lowest BCUT2D eigenvalue weighted by molar-refractivity contribution is 0.156. The summed E-state index contributed by atoms with van der Waals surface area (Å²) in [6.45, 7) is 0. The van der Waals surface area contributed by atoms with Crippen LogP contribution in [0.2, 0.25) is 0 Å². The van der Waals surface area contributed by atoms with Gasteiger partial charge in [-0.1, -0.05) is 6.42 Å². The fourth-order valence-corrected chi connectivity index (χ4v) is 2.58. The molecule has 0 bridgehead atoms. The Morgan fingerprint density at radius 1 is 1.26 bits per heavy atom. The quantitative estimate of drug-likeness (QED) is 0.810. The molecule has 0 radical (unpaired) electrons. The Morgan fingerprint density at radius 2 is 2.05 bits per heavy atom. The summed E-state index contributed by atoms with van der Waals surface area (Å²) < 4.78 is 5.96. The lowest BCUT2D eigenvalue weighted by Crippen LogP contribution is -2.20. The van der Waals surface area contributed by atoms with Gasteiger partial charge in [0.2, 0.25) is 0 Å². The van der Waals surface area contributed by atoms with Gasteiger partial charge in [-0.05, 0) is 31.7 Å². The first-order valence-electron chi connectivity index (χ1n) is 6.67. The fraction of sp³-hybridized carbons (Fsp3) is 0.429. The second kappa shape index (κ2) is 4.91. The third-order valence-electron chi connectivity index (χ3n) is 3.62. The van der Waals surface area contributed by atoms with Crippen molar-refractivity contribution < 1.29 is 4.74 Å². The number of hydrogen-bond donors (Lipinski definition) is 2. The predicted octanol–water partition coefficient (Wildman–Crippen LogP) is 2.22. The number of hydrogen-bond acceptors (Lipinski definition) is 4. The zero-order valence-electron chi connectivity index (χ0n) is 10.7. The Bertz CT molecular complexity index is 645. The topological polar surface area (TPSA) is 81.0 Å². The average Bonchev–Trinajstić information content (AvgIpc) is 2.42. The van der Waals surface area contributed by atoms with E-state index in [4.69, 9.17) is 10.5 Å². The van der Waals surface area contributed by atoms with E-state index in [1.165, 1.54) is 25.6 Å². The van der Waals surface area contributed by atoms with Crippen molar-refractivity contribution in [3.8, 4) is 5.75 Å². The van der Waals surface area contributed by atoms with Gasteiger partial charge in [0, 0.05) is 6.07 Å². The number of nitrogens with one attached hydrogen (secondary N) is 1. The molecule has 0 atom stereocenters. The van der Waals surface area contributed by atoms with Gasteiger partial charge in [-0.3, -0.25) is 4.79 Å². The summed E-state index contributed by atoms with van der Waals surface area (Å²) in [6.07, 6.45) is 7.46. The third-order valence-corrected chi connectivity index (χ3v) is 3.62. The van der Waals surface area contributed by atoms with Gasteiger partial charge in [-0.25, -0.2) is 4.98 Å².